The lowest BCUT2D eigenvalue weighted by atomic mass is 9.86. The first-order chi connectivity index (χ1) is 9.67. The van der Waals surface area contributed by atoms with Gasteiger partial charge >= 0.3 is 0 Å². The molecule has 1 fully saturated rings. The molecule has 1 aromatic carbocycles. The highest BCUT2D eigenvalue weighted by molar-refractivity contribution is 5.85. The van der Waals surface area contributed by atoms with Crippen molar-refractivity contribution in [1.29, 1.82) is 0 Å². The van der Waals surface area contributed by atoms with Crippen LogP contribution < -0.4 is 5.32 Å². The van der Waals surface area contributed by atoms with E-state index in [-0.39, 0.29) is 6.04 Å². The molecule has 2 aromatic rings. The number of fused-ring (bicyclic) bond motifs is 1. The highest BCUT2D eigenvalue weighted by atomic mass is 19.1. The molecule has 0 radical (unpaired) electrons. The normalized spacial score (nSPS) is 22.6. The molecule has 0 spiro atoms. The zero-order valence-electron chi connectivity index (χ0n) is 11.9. The van der Waals surface area contributed by atoms with Crippen LogP contribution in [0.1, 0.15) is 38.2 Å². The lowest BCUT2D eigenvalue weighted by molar-refractivity contribution is 0.147. The third-order valence-electron chi connectivity index (χ3n) is 4.27. The largest absolute Gasteiger partial charge is 0.314 e. The minimum Gasteiger partial charge on any atom is -0.314 e. The summed E-state index contributed by atoms with van der Waals surface area (Å²) in [5.41, 5.74) is -0.633. The number of hydrogen-bond donors (Lipinski definition) is 1. The summed E-state index contributed by atoms with van der Waals surface area (Å²) in [5.74, 6) is 0. The third kappa shape index (κ3) is 2.68. The number of nitrogens with one attached hydrogen (secondary N) is 1. The maximum Gasteiger partial charge on any atom is 0.136 e. The molecule has 1 saturated heterocycles. The van der Waals surface area contributed by atoms with Crippen LogP contribution in [0.25, 0.3) is 10.8 Å². The summed E-state index contributed by atoms with van der Waals surface area (Å²) in [5, 5.41) is 5.41. The van der Waals surface area contributed by atoms with Crippen LogP contribution in [0.2, 0.25) is 0 Å². The van der Waals surface area contributed by atoms with Gasteiger partial charge < -0.3 is 5.32 Å². The van der Waals surface area contributed by atoms with Crippen molar-refractivity contribution in [2.24, 2.45) is 0 Å². The molecule has 2 atom stereocenters. The number of hydrogen-bond acceptors (Lipinski definition) is 2. The van der Waals surface area contributed by atoms with Gasteiger partial charge in [-0.05, 0) is 31.7 Å². The fourth-order valence-corrected chi connectivity index (χ4v) is 3.20. The number of halogens is 1. The maximum absolute atomic E-state index is 15.3. The average Bonchev–Trinajstić information content (AvgIpc) is 2.47. The van der Waals surface area contributed by atoms with Gasteiger partial charge in [-0.3, -0.25) is 4.98 Å². The molecular formula is C17H21FN2. The second-order valence-electron chi connectivity index (χ2n) is 5.96. The molecule has 0 bridgehead atoms. The van der Waals surface area contributed by atoms with Gasteiger partial charge in [-0.15, -0.1) is 0 Å². The number of alkyl halides is 1. The second kappa shape index (κ2) is 5.49. The number of rotatable bonds is 3. The summed E-state index contributed by atoms with van der Waals surface area (Å²) in [6.07, 6.45) is 7.47. The Hall–Kier alpha value is -1.48. The number of pyridine rings is 1. The number of nitrogens with zero attached hydrogens (tertiary/aromatic N) is 1. The van der Waals surface area contributed by atoms with Crippen molar-refractivity contribution in [2.75, 3.05) is 6.54 Å². The highest BCUT2D eigenvalue weighted by Gasteiger charge is 2.32. The molecule has 1 aromatic heterocycles. The molecule has 20 heavy (non-hydrogen) atoms. The lowest BCUT2D eigenvalue weighted by Gasteiger charge is -2.30. The van der Waals surface area contributed by atoms with E-state index in [1.54, 1.807) is 19.3 Å². The quantitative estimate of drug-likeness (QED) is 0.915. The van der Waals surface area contributed by atoms with Crippen molar-refractivity contribution in [3.8, 4) is 0 Å². The Kier molecular flexibility index (Phi) is 3.70. The van der Waals surface area contributed by atoms with E-state index in [1.807, 2.05) is 24.3 Å². The Morgan fingerprint density at radius 3 is 2.95 bits per heavy atom. The van der Waals surface area contributed by atoms with Crippen molar-refractivity contribution in [3.63, 3.8) is 0 Å². The van der Waals surface area contributed by atoms with Crippen molar-refractivity contribution in [1.82, 2.24) is 10.3 Å². The molecule has 0 saturated carbocycles. The molecule has 0 aliphatic carbocycles. The summed E-state index contributed by atoms with van der Waals surface area (Å²) in [6, 6.07) is 8.17. The number of piperidine rings is 1. The molecular weight excluding hydrogens is 251 g/mol. The zero-order valence-corrected chi connectivity index (χ0v) is 11.9. The van der Waals surface area contributed by atoms with Gasteiger partial charge in [0.2, 0.25) is 0 Å². The first kappa shape index (κ1) is 13.5. The Balaban J connectivity index is 1.91. The van der Waals surface area contributed by atoms with Gasteiger partial charge in [-0.25, -0.2) is 4.39 Å². The van der Waals surface area contributed by atoms with Gasteiger partial charge in [0.15, 0.2) is 0 Å². The van der Waals surface area contributed by atoms with Crippen molar-refractivity contribution >= 4 is 10.8 Å². The van der Waals surface area contributed by atoms with Crippen LogP contribution in [-0.2, 0) is 5.67 Å². The van der Waals surface area contributed by atoms with Gasteiger partial charge in [0.05, 0.1) is 0 Å². The Morgan fingerprint density at radius 2 is 2.15 bits per heavy atom. The van der Waals surface area contributed by atoms with Crippen molar-refractivity contribution < 1.29 is 4.39 Å². The predicted molar refractivity (Wildman–Crippen MR) is 80.5 cm³/mol. The molecule has 2 unspecified atom stereocenters. The fourth-order valence-electron chi connectivity index (χ4n) is 3.20. The smallest absolute Gasteiger partial charge is 0.136 e. The van der Waals surface area contributed by atoms with Crippen LogP contribution >= 0.6 is 0 Å². The number of benzene rings is 1. The van der Waals surface area contributed by atoms with Crippen LogP contribution in [-0.4, -0.2) is 17.6 Å². The summed E-state index contributed by atoms with van der Waals surface area (Å²) in [7, 11) is 0. The van der Waals surface area contributed by atoms with Crippen molar-refractivity contribution in [3.05, 3.63) is 42.2 Å². The molecule has 1 N–H and O–H groups in total. The minimum absolute atomic E-state index is 0.276. The number of aromatic nitrogens is 1. The second-order valence-corrected chi connectivity index (χ2v) is 5.96. The molecule has 3 heteroatoms. The Labute approximate surface area is 119 Å². The first-order valence-corrected chi connectivity index (χ1v) is 7.42. The highest BCUT2D eigenvalue weighted by Crippen LogP contribution is 2.36. The molecule has 2 nitrogen and oxygen atoms in total. The molecule has 0 amide bonds. The molecule has 1 aliphatic heterocycles. The van der Waals surface area contributed by atoms with E-state index in [9.17, 15) is 0 Å². The Bertz CT molecular complexity index is 583. The van der Waals surface area contributed by atoms with E-state index >= 15 is 4.39 Å². The van der Waals surface area contributed by atoms with E-state index in [1.165, 1.54) is 12.8 Å². The average molecular weight is 272 g/mol. The van der Waals surface area contributed by atoms with Crippen molar-refractivity contribution in [2.45, 2.75) is 44.3 Å². The van der Waals surface area contributed by atoms with E-state index in [2.05, 4.69) is 10.3 Å². The predicted octanol–water partition coefficient (Wildman–Crippen LogP) is 3.95. The van der Waals surface area contributed by atoms with Crippen LogP contribution in [0.3, 0.4) is 0 Å². The van der Waals surface area contributed by atoms with Crippen LogP contribution in [0.15, 0.2) is 36.7 Å². The fraction of sp³-hybridized carbons (Fsp3) is 0.471. The van der Waals surface area contributed by atoms with Gasteiger partial charge in [0.1, 0.15) is 5.67 Å². The zero-order chi connectivity index (χ0) is 14.0. The minimum atomic E-state index is -1.34. The molecule has 3 rings (SSSR count). The molecule has 106 valence electrons. The standard InChI is InChI=1S/C17H21FN2/c1-17(18,10-14-7-4-5-9-20-14)16-12-19-11-13-6-2-3-8-15(13)16/h2-3,6,8,11-12,14,20H,4-5,7,9-10H2,1H3. The van der Waals surface area contributed by atoms with Gasteiger partial charge in [-0.2, -0.15) is 0 Å². The summed E-state index contributed by atoms with van der Waals surface area (Å²) >= 11 is 0. The van der Waals surface area contributed by atoms with Gasteiger partial charge in [-0.1, -0.05) is 30.7 Å². The molecule has 1 aliphatic rings. The van der Waals surface area contributed by atoms with E-state index in [0.29, 0.717) is 12.0 Å². The van der Waals surface area contributed by atoms with Gasteiger partial charge in [0.25, 0.3) is 0 Å². The van der Waals surface area contributed by atoms with Crippen LogP contribution in [0.5, 0.6) is 0 Å². The van der Waals surface area contributed by atoms with Crippen LogP contribution in [0.4, 0.5) is 4.39 Å². The van der Waals surface area contributed by atoms with Gasteiger partial charge in [0, 0.05) is 35.8 Å². The first-order valence-electron chi connectivity index (χ1n) is 7.42. The Morgan fingerprint density at radius 1 is 1.30 bits per heavy atom. The summed E-state index contributed by atoms with van der Waals surface area (Å²) < 4.78 is 15.3. The third-order valence-corrected chi connectivity index (χ3v) is 4.27. The monoisotopic (exact) mass is 272 g/mol. The van der Waals surface area contributed by atoms with Crippen LogP contribution in [0, 0.1) is 0 Å². The van der Waals surface area contributed by atoms with E-state index in [0.717, 1.165) is 23.7 Å². The SMILES string of the molecule is CC(F)(CC1CCCCN1)c1cncc2ccccc12. The lowest BCUT2D eigenvalue weighted by Crippen LogP contribution is -2.38. The van der Waals surface area contributed by atoms with E-state index < -0.39 is 5.67 Å². The summed E-state index contributed by atoms with van der Waals surface area (Å²) in [4.78, 5) is 4.21. The molecule has 2 heterocycles. The maximum atomic E-state index is 15.3. The topological polar surface area (TPSA) is 24.9 Å². The summed E-state index contributed by atoms with van der Waals surface area (Å²) in [6.45, 7) is 2.70. The van der Waals surface area contributed by atoms with E-state index in [4.69, 9.17) is 0 Å².